The molecule has 1 aromatic rings. The smallest absolute Gasteiger partial charge is 0.222 e. The van der Waals surface area contributed by atoms with Gasteiger partial charge in [0.15, 0.2) is 0 Å². The lowest BCUT2D eigenvalue weighted by atomic mass is 9.92. The fraction of sp³-hybridized carbons (Fsp3) is 0.556. The third kappa shape index (κ3) is 4.98. The molecule has 0 saturated carbocycles. The van der Waals surface area contributed by atoms with Crippen LogP contribution in [0.4, 0.5) is 0 Å². The highest BCUT2D eigenvalue weighted by molar-refractivity contribution is 5.80. The van der Waals surface area contributed by atoms with Crippen molar-refractivity contribution >= 4 is 11.8 Å². The molecule has 5 nitrogen and oxygen atoms in total. The molecule has 2 N–H and O–H groups in total. The predicted octanol–water partition coefficient (Wildman–Crippen LogP) is 2.27. The van der Waals surface area contributed by atoms with E-state index in [4.69, 9.17) is 10.5 Å². The number of hydrogen-bond donors (Lipinski definition) is 1. The minimum absolute atomic E-state index is 0.0799. The number of benzene rings is 1. The number of nitrogens with two attached hydrogens (primary N) is 1. The Balaban J connectivity index is 1.76. The van der Waals surface area contributed by atoms with E-state index in [9.17, 15) is 9.59 Å². The van der Waals surface area contributed by atoms with E-state index in [2.05, 4.69) is 0 Å². The zero-order valence-electron chi connectivity index (χ0n) is 14.0. The monoisotopic (exact) mass is 318 g/mol. The average Bonchev–Trinajstić information content (AvgIpc) is 2.51. The Hall–Kier alpha value is -2.04. The Labute approximate surface area is 137 Å². The van der Waals surface area contributed by atoms with Crippen LogP contribution in [0.5, 0.6) is 5.75 Å². The Morgan fingerprint density at radius 1 is 1.35 bits per heavy atom. The molecule has 0 bridgehead atoms. The molecule has 1 fully saturated rings. The largest absolute Gasteiger partial charge is 0.494 e. The average molecular weight is 318 g/mol. The number of rotatable bonds is 6. The number of carbonyl (C=O) groups is 2. The number of hydrogen-bond acceptors (Lipinski definition) is 3. The number of ether oxygens (including phenoxy) is 1. The molecule has 23 heavy (non-hydrogen) atoms. The summed E-state index contributed by atoms with van der Waals surface area (Å²) >= 11 is 0. The van der Waals surface area contributed by atoms with Crippen molar-refractivity contribution in [3.05, 3.63) is 29.8 Å². The van der Waals surface area contributed by atoms with Gasteiger partial charge < -0.3 is 15.4 Å². The van der Waals surface area contributed by atoms with E-state index in [1.807, 2.05) is 38.1 Å². The first-order valence-electron chi connectivity index (χ1n) is 8.25. The molecular formula is C18H26N2O3. The summed E-state index contributed by atoms with van der Waals surface area (Å²) in [5.74, 6) is 0.394. The molecule has 1 saturated heterocycles. The second kappa shape index (κ2) is 7.99. The Kier molecular flexibility index (Phi) is 6.02. The van der Waals surface area contributed by atoms with E-state index < -0.39 is 0 Å². The zero-order chi connectivity index (χ0) is 16.8. The van der Waals surface area contributed by atoms with Crippen LogP contribution in [0, 0.1) is 12.8 Å². The van der Waals surface area contributed by atoms with E-state index in [-0.39, 0.29) is 23.8 Å². The van der Waals surface area contributed by atoms with Crippen LogP contribution in [0.1, 0.15) is 38.2 Å². The van der Waals surface area contributed by atoms with Gasteiger partial charge in [-0.2, -0.15) is 0 Å². The van der Waals surface area contributed by atoms with E-state index in [0.29, 0.717) is 26.0 Å². The highest BCUT2D eigenvalue weighted by atomic mass is 16.5. The first-order valence-corrected chi connectivity index (χ1v) is 8.25. The van der Waals surface area contributed by atoms with Crippen LogP contribution >= 0.6 is 0 Å². The van der Waals surface area contributed by atoms with Gasteiger partial charge in [-0.15, -0.1) is 0 Å². The number of primary amides is 1. The lowest BCUT2D eigenvalue weighted by Gasteiger charge is -2.37. The number of aryl methyl sites for hydroxylation is 1. The maximum atomic E-state index is 12.4. The second-order valence-corrected chi connectivity index (χ2v) is 6.34. The summed E-state index contributed by atoms with van der Waals surface area (Å²) in [5, 5.41) is 0. The number of nitrogens with zero attached hydrogens (tertiary/aromatic N) is 1. The van der Waals surface area contributed by atoms with Gasteiger partial charge in [0.25, 0.3) is 0 Å². The molecule has 0 spiro atoms. The Morgan fingerprint density at radius 3 is 2.83 bits per heavy atom. The minimum Gasteiger partial charge on any atom is -0.494 e. The highest BCUT2D eigenvalue weighted by Gasteiger charge is 2.31. The molecule has 1 aliphatic rings. The van der Waals surface area contributed by atoms with Gasteiger partial charge in [0.1, 0.15) is 5.75 Å². The summed E-state index contributed by atoms with van der Waals surface area (Å²) in [6.07, 6.45) is 2.70. The summed E-state index contributed by atoms with van der Waals surface area (Å²) in [4.78, 5) is 25.5. The van der Waals surface area contributed by atoms with Gasteiger partial charge in [-0.05, 0) is 50.8 Å². The van der Waals surface area contributed by atoms with Crippen LogP contribution in [-0.2, 0) is 9.59 Å². The zero-order valence-corrected chi connectivity index (χ0v) is 14.0. The first kappa shape index (κ1) is 17.3. The van der Waals surface area contributed by atoms with E-state index in [0.717, 1.165) is 24.2 Å². The van der Waals surface area contributed by atoms with Crippen LogP contribution in [0.2, 0.25) is 0 Å². The van der Waals surface area contributed by atoms with E-state index in [1.54, 1.807) is 4.90 Å². The van der Waals surface area contributed by atoms with Gasteiger partial charge in [-0.25, -0.2) is 0 Å². The molecule has 0 aromatic heterocycles. The van der Waals surface area contributed by atoms with Crippen molar-refractivity contribution in [2.45, 2.75) is 45.6 Å². The van der Waals surface area contributed by atoms with Gasteiger partial charge >= 0.3 is 0 Å². The molecule has 0 unspecified atom stereocenters. The van der Waals surface area contributed by atoms with Crippen LogP contribution in [0.15, 0.2) is 24.3 Å². The summed E-state index contributed by atoms with van der Waals surface area (Å²) in [5.41, 5.74) is 6.53. The molecule has 2 atom stereocenters. The third-order valence-corrected chi connectivity index (χ3v) is 4.40. The van der Waals surface area contributed by atoms with Crippen molar-refractivity contribution in [3.63, 3.8) is 0 Å². The quantitative estimate of drug-likeness (QED) is 0.818. The molecule has 0 aliphatic carbocycles. The first-order chi connectivity index (χ1) is 11.0. The normalized spacial score (nSPS) is 21.0. The van der Waals surface area contributed by atoms with Crippen LogP contribution in [0.25, 0.3) is 0 Å². The summed E-state index contributed by atoms with van der Waals surface area (Å²) in [6, 6.07) is 8.04. The lowest BCUT2D eigenvalue weighted by Crippen LogP contribution is -2.48. The maximum absolute atomic E-state index is 12.4. The summed E-state index contributed by atoms with van der Waals surface area (Å²) in [6.45, 7) is 5.01. The third-order valence-electron chi connectivity index (χ3n) is 4.40. The van der Waals surface area contributed by atoms with Gasteiger partial charge in [0, 0.05) is 19.0 Å². The topological polar surface area (TPSA) is 72.6 Å². The summed E-state index contributed by atoms with van der Waals surface area (Å²) < 4.78 is 5.67. The van der Waals surface area contributed by atoms with Gasteiger partial charge in [-0.3, -0.25) is 9.59 Å². The van der Waals surface area contributed by atoms with Gasteiger partial charge in [-0.1, -0.05) is 12.1 Å². The minimum atomic E-state index is -0.308. The van der Waals surface area contributed by atoms with Crippen LogP contribution in [-0.4, -0.2) is 35.9 Å². The molecule has 126 valence electrons. The summed E-state index contributed by atoms with van der Waals surface area (Å²) in [7, 11) is 0. The molecule has 0 radical (unpaired) electrons. The predicted molar refractivity (Wildman–Crippen MR) is 89.0 cm³/mol. The molecular weight excluding hydrogens is 292 g/mol. The standard InChI is InChI=1S/C18H26N2O3/c1-13-5-3-6-16(11-13)23-10-4-7-17(21)20-12-15(18(19)22)9-8-14(20)2/h3,5-6,11,14-15H,4,7-10,12H2,1-2H3,(H2,19,22)/t14-,15-/m1/s1. The molecule has 2 amide bonds. The molecule has 1 aromatic carbocycles. The van der Waals surface area contributed by atoms with Crippen LogP contribution < -0.4 is 10.5 Å². The number of piperidine rings is 1. The van der Waals surface area contributed by atoms with Crippen molar-refractivity contribution in [1.29, 1.82) is 0 Å². The van der Waals surface area contributed by atoms with Gasteiger partial charge in [0.05, 0.1) is 12.5 Å². The maximum Gasteiger partial charge on any atom is 0.222 e. The molecule has 2 rings (SSSR count). The molecule has 1 aliphatic heterocycles. The number of likely N-dealkylation sites (tertiary alicyclic amines) is 1. The van der Waals surface area contributed by atoms with Crippen molar-refractivity contribution < 1.29 is 14.3 Å². The molecule has 5 heteroatoms. The Morgan fingerprint density at radius 2 is 2.13 bits per heavy atom. The number of amides is 2. The Bertz CT molecular complexity index is 559. The highest BCUT2D eigenvalue weighted by Crippen LogP contribution is 2.22. The van der Waals surface area contributed by atoms with Crippen molar-refractivity contribution in [1.82, 2.24) is 4.90 Å². The second-order valence-electron chi connectivity index (χ2n) is 6.34. The van der Waals surface area contributed by atoms with E-state index in [1.165, 1.54) is 0 Å². The lowest BCUT2D eigenvalue weighted by molar-refractivity contribution is -0.137. The van der Waals surface area contributed by atoms with Crippen molar-refractivity contribution in [2.24, 2.45) is 11.7 Å². The van der Waals surface area contributed by atoms with E-state index >= 15 is 0 Å². The van der Waals surface area contributed by atoms with Crippen molar-refractivity contribution in [3.8, 4) is 5.75 Å². The van der Waals surface area contributed by atoms with Crippen LogP contribution in [0.3, 0.4) is 0 Å². The van der Waals surface area contributed by atoms with Crippen molar-refractivity contribution in [2.75, 3.05) is 13.2 Å². The fourth-order valence-corrected chi connectivity index (χ4v) is 2.95. The fourth-order valence-electron chi connectivity index (χ4n) is 2.95. The van der Waals surface area contributed by atoms with Gasteiger partial charge in [0.2, 0.25) is 11.8 Å². The molecule has 1 heterocycles. The number of carbonyl (C=O) groups excluding carboxylic acids is 2. The SMILES string of the molecule is Cc1cccc(OCCCC(=O)N2C[C@H](C(N)=O)CC[C@H]2C)c1.